The summed E-state index contributed by atoms with van der Waals surface area (Å²) in [6.45, 7) is 4.93. The summed E-state index contributed by atoms with van der Waals surface area (Å²) >= 11 is -1.22. The van der Waals surface area contributed by atoms with Crippen LogP contribution in [0.4, 0.5) is 0 Å². The normalized spacial score (nSPS) is 32.4. The van der Waals surface area contributed by atoms with Gasteiger partial charge in [-0.1, -0.05) is 0 Å². The molecule has 4 rings (SSSR count). The summed E-state index contributed by atoms with van der Waals surface area (Å²) in [5, 5.41) is 0. The van der Waals surface area contributed by atoms with Crippen LogP contribution in [0.2, 0.25) is 8.45 Å². The van der Waals surface area contributed by atoms with Crippen LogP contribution in [-0.4, -0.2) is 3.81 Å². The fourth-order valence-electron chi connectivity index (χ4n) is 5.44. The summed E-state index contributed by atoms with van der Waals surface area (Å²) < 4.78 is 3.80. The molecule has 0 radical (unpaired) electrons. The van der Waals surface area contributed by atoms with Gasteiger partial charge in [-0.2, -0.15) is 0 Å². The third-order valence-electron chi connectivity index (χ3n) is 6.37. The van der Waals surface area contributed by atoms with Crippen LogP contribution < -0.4 is 24.8 Å². The zero-order valence-electron chi connectivity index (χ0n) is 14.8. The number of fused-ring (bicyclic) bond motifs is 2. The molecule has 0 nitrogen and oxygen atoms in total. The van der Waals surface area contributed by atoms with Gasteiger partial charge in [0.25, 0.3) is 0 Å². The molecule has 24 heavy (non-hydrogen) atoms. The molecule has 3 heteroatoms. The predicted molar refractivity (Wildman–Crippen MR) is 93.0 cm³/mol. The molecule has 0 spiro atoms. The fraction of sp³-hybridized carbons (Fsp3) is 0.571. The Labute approximate surface area is 165 Å². The zero-order valence-corrected chi connectivity index (χ0v) is 17.8. The van der Waals surface area contributed by atoms with Crippen LogP contribution >= 0.6 is 0 Å². The molecule has 130 valence electrons. The molecule has 4 aliphatic carbocycles. The van der Waals surface area contributed by atoms with Crippen molar-refractivity contribution < 1.29 is 42.2 Å². The number of allylic oxidation sites excluding steroid dienone is 8. The first-order valence-electron chi connectivity index (χ1n) is 9.16. The van der Waals surface area contributed by atoms with Crippen LogP contribution in [0.3, 0.4) is 0 Å². The molecule has 0 amide bonds. The van der Waals surface area contributed by atoms with Crippen molar-refractivity contribution in [2.75, 3.05) is 0 Å². The van der Waals surface area contributed by atoms with E-state index in [9.17, 15) is 0 Å². The minimum atomic E-state index is -1.22. The van der Waals surface area contributed by atoms with Crippen molar-refractivity contribution in [1.82, 2.24) is 0 Å². The summed E-state index contributed by atoms with van der Waals surface area (Å²) in [5.74, 6) is 1.79. The maximum Gasteiger partial charge on any atom is -1.00 e. The summed E-state index contributed by atoms with van der Waals surface area (Å²) in [7, 11) is 0. The van der Waals surface area contributed by atoms with E-state index >= 15 is 0 Å². The molecule has 0 heterocycles. The molecule has 2 saturated carbocycles. The van der Waals surface area contributed by atoms with Gasteiger partial charge in [0.15, 0.2) is 0 Å². The van der Waals surface area contributed by atoms with Crippen LogP contribution in [-0.2, 0) is 17.4 Å². The van der Waals surface area contributed by atoms with Gasteiger partial charge < -0.3 is 24.8 Å². The SMILES string of the molecule is C[C](C)=[Ti+2]([CH]1CCC2CC=CC=C21)[CH]1CCC2CC=CC=C21.[Cl-].[Cl-]. The Morgan fingerprint density at radius 1 is 0.792 bits per heavy atom. The van der Waals surface area contributed by atoms with Crippen LogP contribution in [0.1, 0.15) is 52.4 Å². The maximum absolute atomic E-state index is 2.50. The van der Waals surface area contributed by atoms with Crippen molar-refractivity contribution in [1.29, 1.82) is 0 Å². The average Bonchev–Trinajstić information content (AvgIpc) is 3.13. The van der Waals surface area contributed by atoms with E-state index < -0.39 is 17.4 Å². The summed E-state index contributed by atoms with van der Waals surface area (Å²) in [4.78, 5) is 0. The second kappa shape index (κ2) is 8.67. The Hall–Kier alpha value is 0.124. The van der Waals surface area contributed by atoms with Gasteiger partial charge in [-0.15, -0.1) is 0 Å². The molecule has 0 aromatic heterocycles. The topological polar surface area (TPSA) is 0 Å². The molecular formula is C21H28Cl2Ti. The Kier molecular flexibility index (Phi) is 7.39. The summed E-state index contributed by atoms with van der Waals surface area (Å²) in [6.07, 6.45) is 23.0. The van der Waals surface area contributed by atoms with Crippen LogP contribution in [0.5, 0.6) is 0 Å². The number of halogens is 2. The standard InChI is InChI=1S/2C9H11.C3H6.2ClH.Ti/c2*1-2-5-9-7-3-6-8(9)4-1;1-3-2;;;/h2*1-2,4,6,9H,3,5,7H2;1-2H3;2*1H;/q;;;;;+2/p-2. The number of hydrogen-bond donors (Lipinski definition) is 0. The van der Waals surface area contributed by atoms with E-state index in [2.05, 4.69) is 50.3 Å². The van der Waals surface area contributed by atoms with Gasteiger partial charge in [0.1, 0.15) is 0 Å². The minimum absolute atomic E-state index is 0. The van der Waals surface area contributed by atoms with E-state index in [-0.39, 0.29) is 24.8 Å². The second-order valence-electron chi connectivity index (χ2n) is 7.77. The van der Waals surface area contributed by atoms with Crippen molar-refractivity contribution in [3.8, 4) is 0 Å². The summed E-state index contributed by atoms with van der Waals surface area (Å²) in [5.41, 5.74) is 3.71. The molecule has 0 aromatic rings. The van der Waals surface area contributed by atoms with Crippen LogP contribution in [0, 0.1) is 11.8 Å². The van der Waals surface area contributed by atoms with Crippen LogP contribution in [0.15, 0.2) is 47.6 Å². The van der Waals surface area contributed by atoms with E-state index in [1.807, 2.05) is 15.0 Å². The van der Waals surface area contributed by atoms with Gasteiger partial charge in [-0.25, -0.2) is 0 Å². The molecule has 0 saturated heterocycles. The monoisotopic (exact) mass is 398 g/mol. The zero-order chi connectivity index (χ0) is 15.1. The molecule has 0 aliphatic heterocycles. The summed E-state index contributed by atoms with van der Waals surface area (Å²) in [6, 6.07) is 0. The van der Waals surface area contributed by atoms with E-state index in [0.717, 1.165) is 20.3 Å². The second-order valence-corrected chi connectivity index (χ2v) is 12.9. The van der Waals surface area contributed by atoms with E-state index in [1.54, 1.807) is 0 Å². The number of hydrogen-bond acceptors (Lipinski definition) is 0. The average molecular weight is 399 g/mol. The fourth-order valence-corrected chi connectivity index (χ4v) is 12.0. The predicted octanol–water partition coefficient (Wildman–Crippen LogP) is -0.00560. The molecule has 2 fully saturated rings. The van der Waals surface area contributed by atoms with Gasteiger partial charge in [-0.05, 0) is 0 Å². The van der Waals surface area contributed by atoms with Gasteiger partial charge in [-0.3, -0.25) is 0 Å². The Morgan fingerprint density at radius 3 is 1.67 bits per heavy atom. The minimum Gasteiger partial charge on any atom is -1.00 e. The Bertz CT molecular complexity index is 572. The Balaban J connectivity index is 0.00000104. The van der Waals surface area contributed by atoms with Crippen molar-refractivity contribution in [3.05, 3.63) is 47.6 Å². The van der Waals surface area contributed by atoms with Gasteiger partial charge in [0.2, 0.25) is 0 Å². The van der Waals surface area contributed by atoms with Crippen molar-refractivity contribution in [3.63, 3.8) is 0 Å². The van der Waals surface area contributed by atoms with E-state index in [0.29, 0.717) is 0 Å². The maximum atomic E-state index is 2.50. The molecule has 4 unspecified atom stereocenters. The molecule has 4 atom stereocenters. The third-order valence-corrected chi connectivity index (χ3v) is 12.5. The van der Waals surface area contributed by atoms with Gasteiger partial charge in [0, 0.05) is 0 Å². The first-order valence-corrected chi connectivity index (χ1v) is 11.7. The first-order chi connectivity index (χ1) is 10.8. The largest absolute Gasteiger partial charge is 1.00 e. The van der Waals surface area contributed by atoms with Crippen LogP contribution in [0.25, 0.3) is 0 Å². The quantitative estimate of drug-likeness (QED) is 0.574. The number of rotatable bonds is 2. The molecular weight excluding hydrogens is 371 g/mol. The van der Waals surface area contributed by atoms with Crippen molar-refractivity contribution >= 4 is 3.81 Å². The van der Waals surface area contributed by atoms with E-state index in [4.69, 9.17) is 0 Å². The van der Waals surface area contributed by atoms with Crippen molar-refractivity contribution in [2.24, 2.45) is 11.8 Å². The molecule has 0 N–H and O–H groups in total. The molecule has 4 aliphatic rings. The van der Waals surface area contributed by atoms with E-state index in [1.165, 1.54) is 38.5 Å². The molecule has 0 aromatic carbocycles. The van der Waals surface area contributed by atoms with Gasteiger partial charge >= 0.3 is 141 Å². The smallest absolute Gasteiger partial charge is 1.00 e. The molecule has 0 bridgehead atoms. The third kappa shape index (κ3) is 3.63. The Morgan fingerprint density at radius 2 is 1.25 bits per heavy atom. The first kappa shape index (κ1) is 20.4. The van der Waals surface area contributed by atoms with Gasteiger partial charge in [0.05, 0.1) is 0 Å². The van der Waals surface area contributed by atoms with Crippen molar-refractivity contribution in [2.45, 2.75) is 60.8 Å².